The molecular formula is C13H15N5O2. The Labute approximate surface area is 116 Å². The van der Waals surface area contributed by atoms with E-state index in [2.05, 4.69) is 20.3 Å². The second kappa shape index (κ2) is 5.38. The standard InChI is InChI=1S/C13H15N5O2/c1-20-10-6-9(7-10)16-13(19)12-15-3-2-11(17-12)18-5-4-14-8-18/h2-5,8-10H,6-7H2,1H3,(H,16,19)/t9-,10-. The predicted octanol–water partition coefficient (Wildman–Crippen LogP) is 0.569. The van der Waals surface area contributed by atoms with Crippen LogP contribution in [0, 0.1) is 0 Å². The average molecular weight is 273 g/mol. The van der Waals surface area contributed by atoms with Gasteiger partial charge >= 0.3 is 0 Å². The largest absolute Gasteiger partial charge is 0.381 e. The van der Waals surface area contributed by atoms with E-state index < -0.39 is 0 Å². The first-order chi connectivity index (χ1) is 9.76. The lowest BCUT2D eigenvalue weighted by molar-refractivity contribution is 0.0174. The maximum Gasteiger partial charge on any atom is 0.289 e. The normalized spacial score (nSPS) is 21.2. The van der Waals surface area contributed by atoms with E-state index in [9.17, 15) is 4.79 Å². The summed E-state index contributed by atoms with van der Waals surface area (Å²) in [5, 5.41) is 2.90. The number of methoxy groups -OCH3 is 1. The number of aromatic nitrogens is 4. The van der Waals surface area contributed by atoms with Crippen molar-refractivity contribution in [2.45, 2.75) is 25.0 Å². The predicted molar refractivity (Wildman–Crippen MR) is 70.4 cm³/mol. The summed E-state index contributed by atoms with van der Waals surface area (Å²) >= 11 is 0. The van der Waals surface area contributed by atoms with Crippen LogP contribution in [0.3, 0.4) is 0 Å². The van der Waals surface area contributed by atoms with Crippen LogP contribution in [0.4, 0.5) is 0 Å². The summed E-state index contributed by atoms with van der Waals surface area (Å²) in [6, 6.07) is 1.87. The molecule has 1 aliphatic carbocycles. The van der Waals surface area contributed by atoms with E-state index in [0.717, 1.165) is 12.8 Å². The lowest BCUT2D eigenvalue weighted by atomic mass is 9.89. The zero-order chi connectivity index (χ0) is 13.9. The van der Waals surface area contributed by atoms with Crippen molar-refractivity contribution in [2.24, 2.45) is 0 Å². The monoisotopic (exact) mass is 273 g/mol. The van der Waals surface area contributed by atoms with E-state index >= 15 is 0 Å². The molecule has 1 aliphatic rings. The Hall–Kier alpha value is -2.28. The van der Waals surface area contributed by atoms with Crippen LogP contribution in [0.5, 0.6) is 0 Å². The van der Waals surface area contributed by atoms with E-state index in [-0.39, 0.29) is 23.9 Å². The van der Waals surface area contributed by atoms with Crippen LogP contribution in [0.15, 0.2) is 31.0 Å². The number of hydrogen-bond acceptors (Lipinski definition) is 5. The number of imidazole rings is 1. The maximum absolute atomic E-state index is 12.1. The first-order valence-corrected chi connectivity index (χ1v) is 6.41. The number of carbonyl (C=O) groups excluding carboxylic acids is 1. The van der Waals surface area contributed by atoms with Gasteiger partial charge in [0, 0.05) is 31.7 Å². The number of amides is 1. The quantitative estimate of drug-likeness (QED) is 0.880. The van der Waals surface area contributed by atoms with Crippen molar-refractivity contribution in [1.29, 1.82) is 0 Å². The molecule has 2 heterocycles. The molecule has 1 N–H and O–H groups in total. The minimum absolute atomic E-state index is 0.146. The zero-order valence-corrected chi connectivity index (χ0v) is 11.1. The van der Waals surface area contributed by atoms with E-state index in [1.54, 1.807) is 42.7 Å². The van der Waals surface area contributed by atoms with Gasteiger partial charge in [-0.05, 0) is 18.9 Å². The molecule has 20 heavy (non-hydrogen) atoms. The van der Waals surface area contributed by atoms with Gasteiger partial charge in [0.05, 0.1) is 6.10 Å². The molecule has 7 nitrogen and oxygen atoms in total. The van der Waals surface area contributed by atoms with Gasteiger partial charge in [0.1, 0.15) is 12.1 Å². The molecule has 2 aromatic rings. The second-order valence-corrected chi connectivity index (χ2v) is 4.71. The van der Waals surface area contributed by atoms with E-state index in [4.69, 9.17) is 4.74 Å². The van der Waals surface area contributed by atoms with Gasteiger partial charge in [0.15, 0.2) is 0 Å². The number of rotatable bonds is 4. The number of nitrogens with zero attached hydrogens (tertiary/aromatic N) is 4. The summed E-state index contributed by atoms with van der Waals surface area (Å²) < 4.78 is 6.90. The second-order valence-electron chi connectivity index (χ2n) is 4.71. The third-order valence-electron chi connectivity index (χ3n) is 3.38. The summed E-state index contributed by atoms with van der Waals surface area (Å²) in [4.78, 5) is 24.3. The number of nitrogens with one attached hydrogen (secondary N) is 1. The highest BCUT2D eigenvalue weighted by molar-refractivity contribution is 5.90. The highest BCUT2D eigenvalue weighted by Crippen LogP contribution is 2.22. The van der Waals surface area contributed by atoms with Crippen LogP contribution in [0.2, 0.25) is 0 Å². The van der Waals surface area contributed by atoms with Crippen molar-refractivity contribution in [1.82, 2.24) is 24.8 Å². The average Bonchev–Trinajstić information content (AvgIpc) is 2.96. The number of carbonyl (C=O) groups is 1. The van der Waals surface area contributed by atoms with Crippen molar-refractivity contribution in [3.8, 4) is 5.82 Å². The van der Waals surface area contributed by atoms with Crippen LogP contribution in [0.1, 0.15) is 23.5 Å². The molecular weight excluding hydrogens is 258 g/mol. The molecule has 0 spiro atoms. The first-order valence-electron chi connectivity index (χ1n) is 6.41. The molecule has 1 amide bonds. The lowest BCUT2D eigenvalue weighted by Gasteiger charge is -2.34. The fourth-order valence-electron chi connectivity index (χ4n) is 2.12. The summed E-state index contributed by atoms with van der Waals surface area (Å²) in [5.41, 5.74) is 0. The Morgan fingerprint density at radius 1 is 1.45 bits per heavy atom. The fraction of sp³-hybridized carbons (Fsp3) is 0.385. The van der Waals surface area contributed by atoms with Gasteiger partial charge in [0.2, 0.25) is 5.82 Å². The molecule has 0 unspecified atom stereocenters. The van der Waals surface area contributed by atoms with Crippen molar-refractivity contribution >= 4 is 5.91 Å². The third kappa shape index (κ3) is 2.53. The van der Waals surface area contributed by atoms with Crippen LogP contribution in [0.25, 0.3) is 5.82 Å². The van der Waals surface area contributed by atoms with E-state index in [0.29, 0.717) is 5.82 Å². The van der Waals surface area contributed by atoms with Crippen molar-refractivity contribution < 1.29 is 9.53 Å². The van der Waals surface area contributed by atoms with Crippen molar-refractivity contribution in [3.63, 3.8) is 0 Å². The van der Waals surface area contributed by atoms with Gasteiger partial charge in [0.25, 0.3) is 5.91 Å². The van der Waals surface area contributed by atoms with Gasteiger partial charge in [-0.1, -0.05) is 0 Å². The molecule has 1 saturated carbocycles. The maximum atomic E-state index is 12.1. The Morgan fingerprint density at radius 2 is 2.30 bits per heavy atom. The molecule has 0 aliphatic heterocycles. The summed E-state index contributed by atoms with van der Waals surface area (Å²) in [6.45, 7) is 0. The molecule has 7 heteroatoms. The number of hydrogen-bond donors (Lipinski definition) is 1. The Morgan fingerprint density at radius 3 is 3.00 bits per heavy atom. The SMILES string of the molecule is CO[C@H]1C[C@H](NC(=O)c2nccc(-n3ccnc3)n2)C1. The highest BCUT2D eigenvalue weighted by atomic mass is 16.5. The fourth-order valence-corrected chi connectivity index (χ4v) is 2.12. The first kappa shape index (κ1) is 12.7. The topological polar surface area (TPSA) is 81.9 Å². The van der Waals surface area contributed by atoms with Gasteiger partial charge in [-0.3, -0.25) is 9.36 Å². The Bertz CT molecular complexity index is 593. The van der Waals surface area contributed by atoms with Gasteiger partial charge in [-0.25, -0.2) is 15.0 Å². The summed E-state index contributed by atoms with van der Waals surface area (Å²) in [5.74, 6) is 0.523. The molecule has 2 aromatic heterocycles. The van der Waals surface area contributed by atoms with E-state index in [1.165, 1.54) is 0 Å². The molecule has 104 valence electrons. The van der Waals surface area contributed by atoms with Gasteiger partial charge in [-0.15, -0.1) is 0 Å². The molecule has 0 atom stereocenters. The minimum Gasteiger partial charge on any atom is -0.381 e. The summed E-state index contributed by atoms with van der Waals surface area (Å²) in [7, 11) is 1.68. The van der Waals surface area contributed by atoms with E-state index in [1.807, 2.05) is 0 Å². The summed E-state index contributed by atoms with van der Waals surface area (Å²) in [6.07, 6.45) is 8.53. The lowest BCUT2D eigenvalue weighted by Crippen LogP contribution is -2.47. The molecule has 0 aromatic carbocycles. The molecule has 0 saturated heterocycles. The third-order valence-corrected chi connectivity index (χ3v) is 3.38. The Balaban J connectivity index is 1.68. The molecule has 1 fully saturated rings. The minimum atomic E-state index is -0.258. The smallest absolute Gasteiger partial charge is 0.289 e. The van der Waals surface area contributed by atoms with Crippen molar-refractivity contribution in [3.05, 3.63) is 36.8 Å². The molecule has 0 bridgehead atoms. The number of ether oxygens (including phenoxy) is 1. The molecule has 3 rings (SSSR count). The van der Waals surface area contributed by atoms with Gasteiger partial charge in [-0.2, -0.15) is 0 Å². The highest BCUT2D eigenvalue weighted by Gasteiger charge is 2.30. The van der Waals surface area contributed by atoms with Crippen LogP contribution < -0.4 is 5.32 Å². The van der Waals surface area contributed by atoms with Crippen LogP contribution in [-0.4, -0.2) is 44.7 Å². The zero-order valence-electron chi connectivity index (χ0n) is 11.1. The van der Waals surface area contributed by atoms with Gasteiger partial charge < -0.3 is 10.1 Å². The molecule has 0 radical (unpaired) electrons. The Kier molecular flexibility index (Phi) is 3.42. The van der Waals surface area contributed by atoms with Crippen LogP contribution in [-0.2, 0) is 4.74 Å². The van der Waals surface area contributed by atoms with Crippen LogP contribution >= 0.6 is 0 Å². The van der Waals surface area contributed by atoms with Crippen molar-refractivity contribution in [2.75, 3.05) is 7.11 Å².